The number of rotatable bonds is 5. The van der Waals surface area contributed by atoms with Crippen LogP contribution in [0, 0.1) is 12.7 Å². The summed E-state index contributed by atoms with van der Waals surface area (Å²) in [7, 11) is 0. The van der Waals surface area contributed by atoms with Crippen molar-refractivity contribution in [3.05, 3.63) is 71.0 Å². The largest absolute Gasteiger partial charge is 0.387 e. The predicted molar refractivity (Wildman–Crippen MR) is 79.0 cm³/mol. The number of halogens is 1. The van der Waals surface area contributed by atoms with E-state index < -0.39 is 6.10 Å². The quantitative estimate of drug-likeness (QED) is 0.873. The van der Waals surface area contributed by atoms with Gasteiger partial charge in [-0.2, -0.15) is 0 Å². The Morgan fingerprint density at radius 1 is 1.15 bits per heavy atom. The average Bonchev–Trinajstić information content (AvgIpc) is 2.45. The van der Waals surface area contributed by atoms with Crippen LogP contribution >= 0.6 is 0 Å². The summed E-state index contributed by atoms with van der Waals surface area (Å²) >= 11 is 0. The van der Waals surface area contributed by atoms with E-state index in [4.69, 9.17) is 0 Å². The monoisotopic (exact) mass is 273 g/mol. The molecule has 106 valence electrons. The van der Waals surface area contributed by atoms with E-state index in [0.717, 1.165) is 5.56 Å². The van der Waals surface area contributed by atoms with Gasteiger partial charge in [-0.1, -0.05) is 48.0 Å². The molecule has 2 nitrogen and oxygen atoms in total. The molecule has 0 aliphatic carbocycles. The summed E-state index contributed by atoms with van der Waals surface area (Å²) in [6.45, 7) is 4.39. The summed E-state index contributed by atoms with van der Waals surface area (Å²) in [5.41, 5.74) is 2.69. The number of hydrogen-bond acceptors (Lipinski definition) is 2. The van der Waals surface area contributed by atoms with Gasteiger partial charge in [0, 0.05) is 18.2 Å². The molecule has 1 unspecified atom stereocenters. The van der Waals surface area contributed by atoms with Crippen LogP contribution in [-0.4, -0.2) is 11.7 Å². The van der Waals surface area contributed by atoms with Crippen molar-refractivity contribution in [1.82, 2.24) is 5.32 Å². The van der Waals surface area contributed by atoms with Crippen LogP contribution in [-0.2, 0) is 0 Å². The molecule has 0 heterocycles. The molecule has 2 N–H and O–H groups in total. The number of nitrogens with one attached hydrogen (secondary N) is 1. The lowest BCUT2D eigenvalue weighted by atomic mass is 10.0. The molecule has 2 aromatic rings. The molecular weight excluding hydrogens is 253 g/mol. The Balaban J connectivity index is 1.97. The van der Waals surface area contributed by atoms with Crippen LogP contribution in [0.2, 0.25) is 0 Å². The number of aliphatic hydroxyl groups is 1. The fraction of sp³-hybridized carbons (Fsp3) is 0.294. The van der Waals surface area contributed by atoms with E-state index in [1.54, 1.807) is 18.2 Å². The number of benzene rings is 2. The zero-order valence-corrected chi connectivity index (χ0v) is 11.8. The van der Waals surface area contributed by atoms with E-state index >= 15 is 0 Å². The summed E-state index contributed by atoms with van der Waals surface area (Å²) in [6.07, 6.45) is -0.844. The molecule has 2 aromatic carbocycles. The SMILES string of the molecule is Cc1cccc([C@@H](C)NCC(O)c2ccccc2F)c1. The Bertz CT molecular complexity index is 570. The maximum atomic E-state index is 13.6. The second-order valence-electron chi connectivity index (χ2n) is 5.08. The predicted octanol–water partition coefficient (Wildman–Crippen LogP) is 3.52. The van der Waals surface area contributed by atoms with Crippen LogP contribution in [0.3, 0.4) is 0 Å². The van der Waals surface area contributed by atoms with Crippen molar-refractivity contribution in [2.75, 3.05) is 6.54 Å². The van der Waals surface area contributed by atoms with Crippen LogP contribution in [0.5, 0.6) is 0 Å². The minimum atomic E-state index is -0.844. The number of aryl methyl sites for hydroxylation is 1. The van der Waals surface area contributed by atoms with Crippen LogP contribution in [0.15, 0.2) is 48.5 Å². The Kier molecular flexibility index (Phi) is 4.88. The molecule has 0 bridgehead atoms. The first-order valence-corrected chi connectivity index (χ1v) is 6.80. The Morgan fingerprint density at radius 3 is 2.60 bits per heavy atom. The van der Waals surface area contributed by atoms with E-state index in [-0.39, 0.29) is 11.9 Å². The highest BCUT2D eigenvalue weighted by molar-refractivity contribution is 5.25. The minimum absolute atomic E-state index is 0.108. The first-order valence-electron chi connectivity index (χ1n) is 6.80. The van der Waals surface area contributed by atoms with Crippen molar-refractivity contribution < 1.29 is 9.50 Å². The van der Waals surface area contributed by atoms with Crippen molar-refractivity contribution in [2.45, 2.75) is 26.0 Å². The Hall–Kier alpha value is -1.71. The maximum Gasteiger partial charge on any atom is 0.129 e. The molecule has 0 amide bonds. The summed E-state index contributed by atoms with van der Waals surface area (Å²) < 4.78 is 13.6. The molecule has 0 aliphatic heterocycles. The first kappa shape index (κ1) is 14.7. The van der Waals surface area contributed by atoms with Gasteiger partial charge >= 0.3 is 0 Å². The summed E-state index contributed by atoms with van der Waals surface area (Å²) in [5.74, 6) is -0.370. The fourth-order valence-electron chi connectivity index (χ4n) is 2.20. The molecule has 20 heavy (non-hydrogen) atoms. The fourth-order valence-corrected chi connectivity index (χ4v) is 2.20. The summed E-state index contributed by atoms with van der Waals surface area (Å²) in [4.78, 5) is 0. The van der Waals surface area contributed by atoms with Gasteiger partial charge in [-0.3, -0.25) is 0 Å². The first-order chi connectivity index (χ1) is 9.58. The van der Waals surface area contributed by atoms with Gasteiger partial charge < -0.3 is 10.4 Å². The molecule has 2 atom stereocenters. The van der Waals surface area contributed by atoms with Gasteiger partial charge in [0.2, 0.25) is 0 Å². The molecular formula is C17H20FNO. The lowest BCUT2D eigenvalue weighted by molar-refractivity contribution is 0.166. The second kappa shape index (κ2) is 6.64. The third-order valence-corrected chi connectivity index (χ3v) is 3.42. The number of aliphatic hydroxyl groups excluding tert-OH is 1. The molecule has 0 spiro atoms. The minimum Gasteiger partial charge on any atom is -0.387 e. The normalized spacial score (nSPS) is 14.0. The van der Waals surface area contributed by atoms with Crippen LogP contribution < -0.4 is 5.32 Å². The maximum absolute atomic E-state index is 13.6. The molecule has 2 rings (SSSR count). The smallest absolute Gasteiger partial charge is 0.129 e. The van der Waals surface area contributed by atoms with Crippen molar-refractivity contribution in [1.29, 1.82) is 0 Å². The van der Waals surface area contributed by atoms with Crippen molar-refractivity contribution >= 4 is 0 Å². The van der Waals surface area contributed by atoms with Crippen LogP contribution in [0.1, 0.15) is 35.8 Å². The third-order valence-electron chi connectivity index (χ3n) is 3.42. The summed E-state index contributed by atoms with van der Waals surface area (Å²) in [5, 5.41) is 13.3. The molecule has 0 aliphatic rings. The van der Waals surface area contributed by atoms with E-state index in [9.17, 15) is 9.50 Å². The van der Waals surface area contributed by atoms with E-state index in [1.807, 2.05) is 32.0 Å². The van der Waals surface area contributed by atoms with Gasteiger partial charge in [0.1, 0.15) is 5.82 Å². The van der Waals surface area contributed by atoms with Crippen molar-refractivity contribution in [2.24, 2.45) is 0 Å². The molecule has 0 fully saturated rings. The highest BCUT2D eigenvalue weighted by Crippen LogP contribution is 2.18. The number of hydrogen-bond donors (Lipinski definition) is 2. The average molecular weight is 273 g/mol. The second-order valence-corrected chi connectivity index (χ2v) is 5.08. The van der Waals surface area contributed by atoms with Gasteiger partial charge in [0.15, 0.2) is 0 Å². The van der Waals surface area contributed by atoms with Gasteiger partial charge in [0.05, 0.1) is 6.10 Å². The highest BCUT2D eigenvalue weighted by atomic mass is 19.1. The lowest BCUT2D eigenvalue weighted by Crippen LogP contribution is -2.25. The van der Waals surface area contributed by atoms with Gasteiger partial charge in [0.25, 0.3) is 0 Å². The van der Waals surface area contributed by atoms with Crippen molar-refractivity contribution in [3.63, 3.8) is 0 Å². The zero-order chi connectivity index (χ0) is 14.5. The van der Waals surface area contributed by atoms with Crippen LogP contribution in [0.4, 0.5) is 4.39 Å². The molecule has 0 saturated carbocycles. The van der Waals surface area contributed by atoms with Crippen LogP contribution in [0.25, 0.3) is 0 Å². The van der Waals surface area contributed by atoms with Gasteiger partial charge in [-0.05, 0) is 25.5 Å². The third kappa shape index (κ3) is 3.65. The van der Waals surface area contributed by atoms with E-state index in [2.05, 4.69) is 11.4 Å². The Morgan fingerprint density at radius 2 is 1.90 bits per heavy atom. The molecule has 0 saturated heterocycles. The lowest BCUT2D eigenvalue weighted by Gasteiger charge is -2.18. The van der Waals surface area contributed by atoms with E-state index in [0.29, 0.717) is 12.1 Å². The molecule has 0 radical (unpaired) electrons. The molecule has 0 aromatic heterocycles. The van der Waals surface area contributed by atoms with Gasteiger partial charge in [-0.25, -0.2) is 4.39 Å². The summed E-state index contributed by atoms with van der Waals surface area (Å²) in [6, 6.07) is 14.6. The standard InChI is InChI=1S/C17H20FNO/c1-12-6-5-7-14(10-12)13(2)19-11-17(20)15-8-3-4-9-16(15)18/h3-10,13,17,19-20H,11H2,1-2H3/t13-,17?/m1/s1. The molecule has 3 heteroatoms. The van der Waals surface area contributed by atoms with E-state index in [1.165, 1.54) is 11.6 Å². The Labute approximate surface area is 119 Å². The highest BCUT2D eigenvalue weighted by Gasteiger charge is 2.13. The zero-order valence-electron chi connectivity index (χ0n) is 11.8. The van der Waals surface area contributed by atoms with Crippen molar-refractivity contribution in [3.8, 4) is 0 Å². The topological polar surface area (TPSA) is 32.3 Å². The van der Waals surface area contributed by atoms with Gasteiger partial charge in [-0.15, -0.1) is 0 Å².